The van der Waals surface area contributed by atoms with Gasteiger partial charge in [-0.1, -0.05) is 0 Å². The molecule has 1 aromatic heterocycles. The third-order valence-electron chi connectivity index (χ3n) is 3.68. The summed E-state index contributed by atoms with van der Waals surface area (Å²) in [6.07, 6.45) is 2.72. The molecule has 0 aromatic carbocycles. The minimum atomic E-state index is -0.437. The molecule has 0 saturated heterocycles. The predicted molar refractivity (Wildman–Crippen MR) is 81.5 cm³/mol. The Morgan fingerprint density at radius 1 is 1.40 bits per heavy atom. The minimum absolute atomic E-state index is 0. The third kappa shape index (κ3) is 2.82. The molecule has 0 bridgehead atoms. The number of thiophene rings is 1. The van der Waals surface area contributed by atoms with Crippen molar-refractivity contribution < 1.29 is 9.59 Å². The van der Waals surface area contributed by atoms with Gasteiger partial charge in [0.1, 0.15) is 5.00 Å². The van der Waals surface area contributed by atoms with E-state index < -0.39 is 5.91 Å². The number of likely N-dealkylation sites (N-methyl/N-ethyl adjacent to an activating group) is 1. The number of fused-ring (bicyclic) bond motifs is 1. The second kappa shape index (κ2) is 5.71. The molecular formula is C13H18ClN3O2S. The fourth-order valence-electron chi connectivity index (χ4n) is 2.44. The number of hydrogen-bond donors (Lipinski definition) is 2. The van der Waals surface area contributed by atoms with E-state index in [0.717, 1.165) is 42.8 Å². The van der Waals surface area contributed by atoms with Gasteiger partial charge in [-0.15, -0.1) is 23.7 Å². The average molecular weight is 316 g/mol. The fraction of sp³-hybridized carbons (Fsp3) is 0.538. The lowest BCUT2D eigenvalue weighted by molar-refractivity contribution is -0.117. The van der Waals surface area contributed by atoms with Crippen LogP contribution in [0.2, 0.25) is 0 Å². The van der Waals surface area contributed by atoms with Gasteiger partial charge in [-0.25, -0.2) is 0 Å². The van der Waals surface area contributed by atoms with Crippen LogP contribution in [0.5, 0.6) is 0 Å². The molecule has 3 rings (SSSR count). The molecule has 1 aliphatic carbocycles. The van der Waals surface area contributed by atoms with E-state index in [1.807, 2.05) is 0 Å². The normalized spacial score (nSPS) is 18.1. The number of nitrogens with two attached hydrogens (primary N) is 1. The number of rotatable bonds is 3. The van der Waals surface area contributed by atoms with E-state index in [9.17, 15) is 9.59 Å². The molecule has 1 saturated carbocycles. The zero-order valence-corrected chi connectivity index (χ0v) is 12.9. The van der Waals surface area contributed by atoms with Crippen LogP contribution in [0, 0.1) is 5.92 Å². The van der Waals surface area contributed by atoms with Gasteiger partial charge in [-0.05, 0) is 31.9 Å². The fourth-order valence-corrected chi connectivity index (χ4v) is 3.78. The Hall–Kier alpha value is -1.11. The van der Waals surface area contributed by atoms with Gasteiger partial charge in [0.05, 0.1) is 5.56 Å². The van der Waals surface area contributed by atoms with Crippen molar-refractivity contribution in [3.05, 3.63) is 16.0 Å². The molecule has 2 amide bonds. The molecule has 7 heteroatoms. The quantitative estimate of drug-likeness (QED) is 0.889. The molecule has 2 aliphatic rings. The minimum Gasteiger partial charge on any atom is -0.365 e. The maximum absolute atomic E-state index is 11.9. The second-order valence-electron chi connectivity index (χ2n) is 5.32. The van der Waals surface area contributed by atoms with E-state index in [1.54, 1.807) is 0 Å². The first-order valence-corrected chi connectivity index (χ1v) is 7.31. The monoisotopic (exact) mass is 315 g/mol. The summed E-state index contributed by atoms with van der Waals surface area (Å²) in [6.45, 7) is 1.74. The number of amides is 2. The number of anilines is 1. The maximum atomic E-state index is 11.9. The number of halogens is 1. The Labute approximate surface area is 127 Å². The van der Waals surface area contributed by atoms with Crippen molar-refractivity contribution in [1.82, 2.24) is 4.90 Å². The molecule has 110 valence electrons. The number of carbonyl (C=O) groups is 2. The predicted octanol–water partition coefficient (Wildman–Crippen LogP) is 1.61. The van der Waals surface area contributed by atoms with Crippen LogP contribution in [0.4, 0.5) is 5.00 Å². The van der Waals surface area contributed by atoms with Crippen LogP contribution in [-0.2, 0) is 17.8 Å². The summed E-state index contributed by atoms with van der Waals surface area (Å²) in [6, 6.07) is 0. The molecule has 5 nitrogen and oxygen atoms in total. The van der Waals surface area contributed by atoms with Crippen molar-refractivity contribution in [3.8, 4) is 0 Å². The van der Waals surface area contributed by atoms with Gasteiger partial charge in [0.25, 0.3) is 5.91 Å². The Balaban J connectivity index is 0.00000147. The summed E-state index contributed by atoms with van der Waals surface area (Å²) in [5.74, 6) is -0.287. The van der Waals surface area contributed by atoms with Crippen molar-refractivity contribution in [1.29, 1.82) is 0 Å². The summed E-state index contributed by atoms with van der Waals surface area (Å²) >= 11 is 1.49. The number of hydrogen-bond acceptors (Lipinski definition) is 4. The molecule has 1 aliphatic heterocycles. The van der Waals surface area contributed by atoms with Crippen LogP contribution in [0.25, 0.3) is 0 Å². The molecule has 0 radical (unpaired) electrons. The summed E-state index contributed by atoms with van der Waals surface area (Å²) < 4.78 is 0. The Morgan fingerprint density at radius 2 is 2.10 bits per heavy atom. The van der Waals surface area contributed by atoms with Gasteiger partial charge < -0.3 is 16.0 Å². The number of nitrogens with one attached hydrogen (secondary N) is 1. The first kappa shape index (κ1) is 15.3. The van der Waals surface area contributed by atoms with Crippen molar-refractivity contribution in [3.63, 3.8) is 0 Å². The van der Waals surface area contributed by atoms with Crippen LogP contribution in [0.1, 0.15) is 33.6 Å². The van der Waals surface area contributed by atoms with Gasteiger partial charge in [-0.2, -0.15) is 0 Å². The van der Waals surface area contributed by atoms with E-state index in [0.29, 0.717) is 10.6 Å². The molecule has 0 unspecified atom stereocenters. The van der Waals surface area contributed by atoms with Crippen LogP contribution < -0.4 is 11.1 Å². The smallest absolute Gasteiger partial charge is 0.251 e. The van der Waals surface area contributed by atoms with Crippen LogP contribution in [-0.4, -0.2) is 30.3 Å². The van der Waals surface area contributed by atoms with Gasteiger partial charge in [0.2, 0.25) is 5.91 Å². The Kier molecular flexibility index (Phi) is 4.36. The highest BCUT2D eigenvalue weighted by Crippen LogP contribution is 2.38. The Morgan fingerprint density at radius 3 is 2.70 bits per heavy atom. The lowest BCUT2D eigenvalue weighted by Gasteiger charge is -2.22. The zero-order valence-electron chi connectivity index (χ0n) is 11.3. The van der Waals surface area contributed by atoms with E-state index >= 15 is 0 Å². The van der Waals surface area contributed by atoms with Crippen molar-refractivity contribution in [2.45, 2.75) is 25.8 Å². The van der Waals surface area contributed by atoms with Crippen LogP contribution >= 0.6 is 23.7 Å². The highest BCUT2D eigenvalue weighted by molar-refractivity contribution is 7.17. The van der Waals surface area contributed by atoms with E-state index in [2.05, 4.69) is 17.3 Å². The van der Waals surface area contributed by atoms with Crippen molar-refractivity contribution in [2.75, 3.05) is 18.9 Å². The van der Waals surface area contributed by atoms with Crippen molar-refractivity contribution >= 4 is 40.6 Å². The molecule has 1 aromatic rings. The molecule has 2 heterocycles. The summed E-state index contributed by atoms with van der Waals surface area (Å²) in [4.78, 5) is 26.9. The van der Waals surface area contributed by atoms with Gasteiger partial charge in [0.15, 0.2) is 0 Å². The standard InChI is InChI=1S/C13H17N3O2S.ClH/c1-16-5-4-8-9(6-16)19-13(10(8)11(14)17)15-12(18)7-2-3-7;/h7H,2-6H2,1H3,(H2,14,17)(H,15,18);1H. The average Bonchev–Trinajstić information content (AvgIpc) is 3.11. The lowest BCUT2D eigenvalue weighted by Crippen LogP contribution is -2.27. The summed E-state index contributed by atoms with van der Waals surface area (Å²) in [5, 5.41) is 3.53. The Bertz CT molecular complexity index is 554. The molecule has 1 fully saturated rings. The molecule has 20 heavy (non-hydrogen) atoms. The van der Waals surface area contributed by atoms with Gasteiger partial charge in [-0.3, -0.25) is 9.59 Å². The molecule has 3 N–H and O–H groups in total. The molecule has 0 spiro atoms. The molecular weight excluding hydrogens is 298 g/mol. The third-order valence-corrected chi connectivity index (χ3v) is 4.81. The number of carbonyl (C=O) groups excluding carboxylic acids is 2. The maximum Gasteiger partial charge on any atom is 0.251 e. The highest BCUT2D eigenvalue weighted by Gasteiger charge is 2.32. The first-order valence-electron chi connectivity index (χ1n) is 6.50. The van der Waals surface area contributed by atoms with E-state index in [-0.39, 0.29) is 24.2 Å². The van der Waals surface area contributed by atoms with Gasteiger partial charge >= 0.3 is 0 Å². The summed E-state index contributed by atoms with van der Waals surface area (Å²) in [7, 11) is 2.05. The van der Waals surface area contributed by atoms with Crippen LogP contribution in [0.15, 0.2) is 0 Å². The SMILES string of the molecule is CN1CCc2c(sc(NC(=O)C3CC3)c2C(N)=O)C1.Cl. The first-order chi connectivity index (χ1) is 9.06. The van der Waals surface area contributed by atoms with Crippen molar-refractivity contribution in [2.24, 2.45) is 11.7 Å². The molecule has 0 atom stereocenters. The van der Waals surface area contributed by atoms with E-state index in [1.165, 1.54) is 11.3 Å². The largest absolute Gasteiger partial charge is 0.365 e. The zero-order chi connectivity index (χ0) is 13.6. The summed E-state index contributed by atoms with van der Waals surface area (Å²) in [5.41, 5.74) is 7.05. The topological polar surface area (TPSA) is 75.4 Å². The van der Waals surface area contributed by atoms with Gasteiger partial charge in [0, 0.05) is 23.9 Å². The number of primary amides is 1. The number of nitrogens with zero attached hydrogens (tertiary/aromatic N) is 1. The van der Waals surface area contributed by atoms with E-state index in [4.69, 9.17) is 5.73 Å². The second-order valence-corrected chi connectivity index (χ2v) is 6.43. The van der Waals surface area contributed by atoms with Crippen LogP contribution in [0.3, 0.4) is 0 Å². The lowest BCUT2D eigenvalue weighted by atomic mass is 10.0. The highest BCUT2D eigenvalue weighted by atomic mass is 35.5.